The molecule has 0 aliphatic rings. The maximum atomic E-state index is 12.4. The Balaban J connectivity index is 2.11. The fraction of sp³-hybridized carbons (Fsp3) is 0.333. The molecule has 9 heteroatoms. The zero-order chi connectivity index (χ0) is 17.7. The summed E-state index contributed by atoms with van der Waals surface area (Å²) in [7, 11) is -3.79. The van der Waals surface area contributed by atoms with E-state index in [0.717, 1.165) is 0 Å². The summed E-state index contributed by atoms with van der Waals surface area (Å²) in [6, 6.07) is 7.75. The van der Waals surface area contributed by atoms with E-state index in [2.05, 4.69) is 20.0 Å². The predicted molar refractivity (Wildman–Crippen MR) is 90.3 cm³/mol. The number of nitrogens with one attached hydrogen (secondary N) is 2. The number of benzene rings is 1. The van der Waals surface area contributed by atoms with Crippen LogP contribution in [0.5, 0.6) is 0 Å². The van der Waals surface area contributed by atoms with Crippen LogP contribution >= 0.6 is 0 Å². The van der Waals surface area contributed by atoms with Crippen molar-refractivity contribution in [1.29, 1.82) is 0 Å². The molecule has 0 amide bonds. The molecule has 0 spiro atoms. The Kier molecular flexibility index (Phi) is 5.71. The molecule has 0 radical (unpaired) electrons. The number of anilines is 2. The first-order valence-electron chi connectivity index (χ1n) is 7.28. The minimum Gasteiger partial charge on any atom is -0.394 e. The summed E-state index contributed by atoms with van der Waals surface area (Å²) in [6.07, 6.45) is -0.878. The summed E-state index contributed by atoms with van der Waals surface area (Å²) in [5.74, 6) is 0.0285. The minimum atomic E-state index is -3.79. The first kappa shape index (κ1) is 18.1. The molecule has 2 rings (SSSR count). The number of aliphatic hydroxyl groups is 2. The van der Waals surface area contributed by atoms with Crippen molar-refractivity contribution in [3.63, 3.8) is 0 Å². The van der Waals surface area contributed by atoms with Crippen LogP contribution in [0.2, 0.25) is 0 Å². The third-order valence-electron chi connectivity index (χ3n) is 3.13. The van der Waals surface area contributed by atoms with Gasteiger partial charge in [-0.2, -0.15) is 0 Å². The van der Waals surface area contributed by atoms with E-state index in [4.69, 9.17) is 5.11 Å². The normalized spacial score (nSPS) is 12.7. The van der Waals surface area contributed by atoms with Gasteiger partial charge in [-0.25, -0.2) is 23.1 Å². The fourth-order valence-electron chi connectivity index (χ4n) is 2.00. The fourth-order valence-corrected chi connectivity index (χ4v) is 2.95. The highest BCUT2D eigenvalue weighted by molar-refractivity contribution is 7.92. The lowest BCUT2D eigenvalue weighted by Gasteiger charge is -2.11. The summed E-state index contributed by atoms with van der Waals surface area (Å²) >= 11 is 0. The van der Waals surface area contributed by atoms with Gasteiger partial charge in [-0.15, -0.1) is 0 Å². The second-order valence-corrected chi connectivity index (χ2v) is 7.00. The van der Waals surface area contributed by atoms with Crippen LogP contribution in [0.25, 0.3) is 0 Å². The number of nitrogens with zero attached hydrogens (tertiary/aromatic N) is 2. The highest BCUT2D eigenvalue weighted by Crippen LogP contribution is 2.17. The van der Waals surface area contributed by atoms with Crippen LogP contribution in [0.15, 0.2) is 35.2 Å². The van der Waals surface area contributed by atoms with E-state index < -0.39 is 16.1 Å². The molecule has 4 N–H and O–H groups in total. The average molecular weight is 352 g/mol. The molecule has 0 saturated carbocycles. The van der Waals surface area contributed by atoms with Crippen molar-refractivity contribution in [1.82, 2.24) is 9.97 Å². The molecular formula is C15H20N4O4S. The van der Waals surface area contributed by atoms with Crippen LogP contribution in [-0.4, -0.2) is 47.9 Å². The predicted octanol–water partition coefficient (Wildman–Crippen LogP) is 0.659. The van der Waals surface area contributed by atoms with Crippen molar-refractivity contribution >= 4 is 21.7 Å². The van der Waals surface area contributed by atoms with Gasteiger partial charge >= 0.3 is 0 Å². The highest BCUT2D eigenvalue weighted by atomic mass is 32.2. The molecule has 0 aliphatic carbocycles. The van der Waals surface area contributed by atoms with Crippen molar-refractivity contribution in [3.05, 3.63) is 41.7 Å². The molecule has 1 unspecified atom stereocenters. The summed E-state index contributed by atoms with van der Waals surface area (Å²) in [6.45, 7) is 3.33. The highest BCUT2D eigenvalue weighted by Gasteiger charge is 2.16. The van der Waals surface area contributed by atoms with Crippen LogP contribution in [0, 0.1) is 13.8 Å². The van der Waals surface area contributed by atoms with Gasteiger partial charge < -0.3 is 15.5 Å². The maximum Gasteiger partial charge on any atom is 0.264 e. The number of aliphatic hydroxyl groups excluding tert-OH is 2. The van der Waals surface area contributed by atoms with Gasteiger partial charge in [0.25, 0.3) is 10.0 Å². The topological polar surface area (TPSA) is 124 Å². The third kappa shape index (κ3) is 4.88. The van der Waals surface area contributed by atoms with E-state index in [9.17, 15) is 13.5 Å². The van der Waals surface area contributed by atoms with Gasteiger partial charge in [0.1, 0.15) is 0 Å². The quantitative estimate of drug-likeness (QED) is 0.577. The Morgan fingerprint density at radius 1 is 1.12 bits per heavy atom. The molecule has 1 atom stereocenters. The number of sulfonamides is 1. The van der Waals surface area contributed by atoms with Crippen molar-refractivity contribution in [2.45, 2.75) is 24.8 Å². The van der Waals surface area contributed by atoms with Gasteiger partial charge in [-0.05, 0) is 44.2 Å². The maximum absolute atomic E-state index is 12.4. The molecule has 24 heavy (non-hydrogen) atoms. The number of aromatic nitrogens is 2. The molecule has 0 bridgehead atoms. The number of hydrogen-bond acceptors (Lipinski definition) is 7. The van der Waals surface area contributed by atoms with Gasteiger partial charge in [0.05, 0.1) is 17.6 Å². The van der Waals surface area contributed by atoms with Crippen LogP contribution in [0.3, 0.4) is 0 Å². The second-order valence-electron chi connectivity index (χ2n) is 5.32. The third-order valence-corrected chi connectivity index (χ3v) is 4.47. The first-order chi connectivity index (χ1) is 11.3. The van der Waals surface area contributed by atoms with Crippen LogP contribution < -0.4 is 10.0 Å². The van der Waals surface area contributed by atoms with Crippen LogP contribution in [-0.2, 0) is 10.0 Å². The van der Waals surface area contributed by atoms with Gasteiger partial charge in [-0.3, -0.25) is 0 Å². The van der Waals surface area contributed by atoms with Gasteiger partial charge in [-0.1, -0.05) is 0 Å². The Morgan fingerprint density at radius 3 is 2.25 bits per heavy atom. The van der Waals surface area contributed by atoms with E-state index in [0.29, 0.717) is 17.1 Å². The molecule has 130 valence electrons. The zero-order valence-electron chi connectivity index (χ0n) is 13.4. The largest absolute Gasteiger partial charge is 0.394 e. The monoisotopic (exact) mass is 352 g/mol. The Bertz CT molecular complexity index is 773. The summed E-state index contributed by atoms with van der Waals surface area (Å²) in [5, 5.41) is 20.9. The number of hydrogen-bond donors (Lipinski definition) is 4. The molecule has 2 aromatic rings. The van der Waals surface area contributed by atoms with E-state index in [1.54, 1.807) is 32.0 Å². The van der Waals surface area contributed by atoms with Crippen molar-refractivity contribution < 1.29 is 18.6 Å². The smallest absolute Gasteiger partial charge is 0.264 e. The van der Waals surface area contributed by atoms with E-state index in [1.165, 1.54) is 12.1 Å². The molecule has 0 fully saturated rings. The van der Waals surface area contributed by atoms with E-state index in [-0.39, 0.29) is 24.0 Å². The molecule has 8 nitrogen and oxygen atoms in total. The average Bonchev–Trinajstić information content (AvgIpc) is 2.51. The first-order valence-corrected chi connectivity index (χ1v) is 8.76. The van der Waals surface area contributed by atoms with Crippen molar-refractivity contribution in [2.75, 3.05) is 23.2 Å². The molecule has 0 saturated heterocycles. The lowest BCUT2D eigenvalue weighted by molar-refractivity contribution is 0.105. The van der Waals surface area contributed by atoms with Crippen LogP contribution in [0.1, 0.15) is 11.4 Å². The Labute approximate surface area is 140 Å². The lowest BCUT2D eigenvalue weighted by Crippen LogP contribution is -2.23. The summed E-state index contributed by atoms with van der Waals surface area (Å²) in [4.78, 5) is 8.18. The molecule has 1 aromatic carbocycles. The lowest BCUT2D eigenvalue weighted by atomic mass is 10.3. The van der Waals surface area contributed by atoms with E-state index in [1.807, 2.05) is 0 Å². The van der Waals surface area contributed by atoms with Gasteiger partial charge in [0.2, 0.25) is 5.95 Å². The van der Waals surface area contributed by atoms with Gasteiger partial charge in [0.15, 0.2) is 0 Å². The van der Waals surface area contributed by atoms with Crippen molar-refractivity contribution in [2.24, 2.45) is 0 Å². The second kappa shape index (κ2) is 7.56. The SMILES string of the molecule is Cc1cc(C)nc(NS(=O)(=O)c2ccc(NCC(O)CO)cc2)n1. The Hall–Kier alpha value is -2.23. The minimum absolute atomic E-state index is 0.0285. The molecule has 0 aliphatic heterocycles. The van der Waals surface area contributed by atoms with E-state index >= 15 is 0 Å². The Morgan fingerprint density at radius 2 is 1.71 bits per heavy atom. The zero-order valence-corrected chi connectivity index (χ0v) is 14.2. The van der Waals surface area contributed by atoms with Crippen molar-refractivity contribution in [3.8, 4) is 0 Å². The van der Waals surface area contributed by atoms with Crippen LogP contribution in [0.4, 0.5) is 11.6 Å². The summed E-state index contributed by atoms with van der Waals surface area (Å²) < 4.78 is 27.1. The summed E-state index contributed by atoms with van der Waals surface area (Å²) in [5.41, 5.74) is 1.97. The molecular weight excluding hydrogens is 332 g/mol. The molecule has 1 aromatic heterocycles. The molecule has 1 heterocycles. The number of rotatable bonds is 7. The number of aryl methyl sites for hydroxylation is 2. The standard InChI is InChI=1S/C15H20N4O4S/c1-10-7-11(2)18-15(17-10)19-24(22,23)14-5-3-12(4-6-14)16-8-13(21)9-20/h3-7,13,16,20-21H,8-9H2,1-2H3,(H,17,18,19). The van der Waals surface area contributed by atoms with Gasteiger partial charge in [0, 0.05) is 23.6 Å².